The molecule has 0 rings (SSSR count). The van der Waals surface area contributed by atoms with Crippen molar-refractivity contribution in [2.45, 2.75) is 0 Å². The minimum absolute atomic E-state index is 0. The maximum absolute atomic E-state index is 9.13. The third-order valence-corrected chi connectivity index (χ3v) is 0.167. The quantitative estimate of drug-likeness (QED) is 0.320. The van der Waals surface area contributed by atoms with Crippen LogP contribution in [0.2, 0.25) is 0 Å². The summed E-state index contributed by atoms with van der Waals surface area (Å²) in [6.07, 6.45) is 0. The van der Waals surface area contributed by atoms with E-state index < -0.39 is 5.97 Å². The largest absolute Gasteiger partial charge is 1.00 e. The minimum atomic E-state index is -1.22. The summed E-state index contributed by atoms with van der Waals surface area (Å²) in [6.45, 7) is -0.389. The number of hydrogen-bond acceptors (Lipinski definition) is 3. The van der Waals surface area contributed by atoms with E-state index in [2.05, 4.69) is 5.73 Å². The summed E-state index contributed by atoms with van der Waals surface area (Å²) in [6, 6.07) is 0. The molecule has 0 fully saturated rings. The van der Waals surface area contributed by atoms with Crippen LogP contribution >= 0.6 is 0 Å². The number of carbonyl (C=O) groups excluding carboxylic acids is 1. The number of carboxylic acids is 1. The van der Waals surface area contributed by atoms with Crippen molar-refractivity contribution >= 4 is 5.97 Å². The average molecular weight is 81.0 g/mol. The Bertz CT molecular complexity index is 46.8. The number of nitrogens with two attached hydrogens (primary N) is 1. The smallest absolute Gasteiger partial charge is 0.549 e. The molecule has 0 aromatic carbocycles. The van der Waals surface area contributed by atoms with Gasteiger partial charge in [-0.1, -0.05) is 0 Å². The van der Waals surface area contributed by atoms with Crippen molar-refractivity contribution in [2.24, 2.45) is 5.73 Å². The Morgan fingerprint density at radius 1 is 1.83 bits per heavy atom. The van der Waals surface area contributed by atoms with Crippen molar-refractivity contribution in [1.29, 1.82) is 0 Å². The molecule has 6 heavy (non-hydrogen) atoms. The van der Waals surface area contributed by atoms with Gasteiger partial charge >= 0.3 is 18.9 Å². The van der Waals surface area contributed by atoms with E-state index >= 15 is 0 Å². The van der Waals surface area contributed by atoms with Gasteiger partial charge in [-0.3, -0.25) is 0 Å². The maximum Gasteiger partial charge on any atom is 1.00 e. The fraction of sp³-hybridized carbons (Fsp3) is 0.500. The van der Waals surface area contributed by atoms with E-state index in [1.165, 1.54) is 0 Å². The van der Waals surface area contributed by atoms with Crippen LogP contribution in [-0.4, -0.2) is 12.5 Å². The second kappa shape index (κ2) is 5.03. The van der Waals surface area contributed by atoms with Gasteiger partial charge in [0.2, 0.25) is 0 Å². The maximum atomic E-state index is 9.13. The zero-order valence-electron chi connectivity index (χ0n) is 3.60. The van der Waals surface area contributed by atoms with Gasteiger partial charge in [0.15, 0.2) is 0 Å². The van der Waals surface area contributed by atoms with Gasteiger partial charge in [0.05, 0.1) is 5.97 Å². The predicted molar refractivity (Wildman–Crippen MR) is 14.1 cm³/mol. The molecule has 0 heterocycles. The molecule has 3 nitrogen and oxygen atoms in total. The standard InChI is InChI=1S/C2H5NO2.Li/c3-1-2(4)5;/h1,3H2,(H,4,5);/q;+1/p-1. The van der Waals surface area contributed by atoms with Gasteiger partial charge in [-0.05, 0) is 0 Å². The van der Waals surface area contributed by atoms with Crippen molar-refractivity contribution in [3.8, 4) is 0 Å². The zero-order chi connectivity index (χ0) is 4.28. The molecular weight excluding hydrogens is 77.0 g/mol. The molecule has 0 bridgehead atoms. The van der Waals surface area contributed by atoms with Gasteiger partial charge < -0.3 is 15.6 Å². The van der Waals surface area contributed by atoms with Gasteiger partial charge in [-0.15, -0.1) is 0 Å². The van der Waals surface area contributed by atoms with Gasteiger partial charge in [0, 0.05) is 6.54 Å². The van der Waals surface area contributed by atoms with E-state index in [0.29, 0.717) is 0 Å². The Morgan fingerprint density at radius 2 is 2.00 bits per heavy atom. The van der Waals surface area contributed by atoms with Crippen LogP contribution in [0.15, 0.2) is 0 Å². The van der Waals surface area contributed by atoms with Crippen LogP contribution in [0, 0.1) is 0 Å². The van der Waals surface area contributed by atoms with Crippen LogP contribution in [0.25, 0.3) is 0 Å². The molecule has 0 atom stereocenters. The van der Waals surface area contributed by atoms with E-state index in [4.69, 9.17) is 9.90 Å². The molecule has 2 N–H and O–H groups in total. The van der Waals surface area contributed by atoms with Crippen molar-refractivity contribution in [2.75, 3.05) is 6.54 Å². The van der Waals surface area contributed by atoms with Crippen LogP contribution < -0.4 is 29.7 Å². The first-order valence-corrected chi connectivity index (χ1v) is 1.17. The first-order chi connectivity index (χ1) is 2.27. The third-order valence-electron chi connectivity index (χ3n) is 0.167. The fourth-order valence-corrected chi connectivity index (χ4v) is 0. The molecule has 0 saturated heterocycles. The second-order valence-corrected chi connectivity index (χ2v) is 0.576. The summed E-state index contributed by atoms with van der Waals surface area (Å²) in [7, 11) is 0. The molecule has 0 aromatic heterocycles. The van der Waals surface area contributed by atoms with E-state index in [0.717, 1.165) is 0 Å². The van der Waals surface area contributed by atoms with E-state index in [-0.39, 0.29) is 25.4 Å². The Kier molecular flexibility index (Phi) is 7.87. The Morgan fingerprint density at radius 3 is 2.00 bits per heavy atom. The molecule has 30 valence electrons. The summed E-state index contributed by atoms with van der Waals surface area (Å²) in [5, 5.41) is 9.13. The monoisotopic (exact) mass is 81.0 g/mol. The topological polar surface area (TPSA) is 66.2 Å². The zero-order valence-corrected chi connectivity index (χ0v) is 3.60. The van der Waals surface area contributed by atoms with Crippen LogP contribution in [0.4, 0.5) is 0 Å². The predicted octanol–water partition coefficient (Wildman–Crippen LogP) is -5.30. The Balaban J connectivity index is 0. The average Bonchev–Trinajstić information content (AvgIpc) is 1.38. The van der Waals surface area contributed by atoms with Gasteiger partial charge in [-0.25, -0.2) is 0 Å². The molecule has 0 unspecified atom stereocenters. The van der Waals surface area contributed by atoms with Crippen molar-refractivity contribution < 1.29 is 28.8 Å². The van der Waals surface area contributed by atoms with Crippen LogP contribution in [0.1, 0.15) is 0 Å². The van der Waals surface area contributed by atoms with Crippen molar-refractivity contribution in [3.05, 3.63) is 0 Å². The normalized spacial score (nSPS) is 6.17. The van der Waals surface area contributed by atoms with E-state index in [9.17, 15) is 0 Å². The molecule has 0 radical (unpaired) electrons. The molecule has 0 saturated carbocycles. The number of carboxylic acid groups (broad SMARTS) is 1. The number of carbonyl (C=O) groups is 1. The summed E-state index contributed by atoms with van der Waals surface area (Å²) >= 11 is 0. The second-order valence-electron chi connectivity index (χ2n) is 0.576. The number of aliphatic carboxylic acids is 1. The molecule has 4 heteroatoms. The fourth-order valence-electron chi connectivity index (χ4n) is 0. The van der Waals surface area contributed by atoms with Crippen LogP contribution in [0.3, 0.4) is 0 Å². The van der Waals surface area contributed by atoms with Crippen molar-refractivity contribution in [3.63, 3.8) is 0 Å². The molecule has 0 aliphatic carbocycles. The van der Waals surface area contributed by atoms with Crippen molar-refractivity contribution in [1.82, 2.24) is 0 Å². The third kappa shape index (κ3) is 8.98. The van der Waals surface area contributed by atoms with Crippen LogP contribution in [0.5, 0.6) is 0 Å². The molecule has 0 amide bonds. The summed E-state index contributed by atoms with van der Waals surface area (Å²) in [5.41, 5.74) is 4.51. The van der Waals surface area contributed by atoms with Gasteiger partial charge in [-0.2, -0.15) is 0 Å². The molecule has 0 aliphatic heterocycles. The van der Waals surface area contributed by atoms with E-state index in [1.54, 1.807) is 0 Å². The van der Waals surface area contributed by atoms with Crippen LogP contribution in [-0.2, 0) is 4.79 Å². The molecule has 0 aromatic rings. The summed E-state index contributed by atoms with van der Waals surface area (Å²) in [4.78, 5) is 9.13. The van der Waals surface area contributed by atoms with E-state index in [1.807, 2.05) is 0 Å². The first-order valence-electron chi connectivity index (χ1n) is 1.17. The van der Waals surface area contributed by atoms with Gasteiger partial charge in [0.25, 0.3) is 0 Å². The Labute approximate surface area is 47.7 Å². The Hall–Kier alpha value is 0.0274. The number of hydrogen-bond donors (Lipinski definition) is 1. The summed E-state index contributed by atoms with van der Waals surface area (Å²) < 4.78 is 0. The molecule has 0 aliphatic rings. The minimum Gasteiger partial charge on any atom is -0.549 e. The SMILES string of the molecule is NCC(=O)[O-].[Li+]. The number of rotatable bonds is 1. The summed E-state index contributed by atoms with van der Waals surface area (Å²) in [5.74, 6) is -1.22. The first kappa shape index (κ1) is 9.39. The molecular formula is C2H4LiNO2. The van der Waals surface area contributed by atoms with Gasteiger partial charge in [0.1, 0.15) is 0 Å². The molecule has 0 spiro atoms.